The van der Waals surface area contributed by atoms with E-state index in [0.717, 1.165) is 12.8 Å². The first-order valence-electron chi connectivity index (χ1n) is 6.25. The van der Waals surface area contributed by atoms with Crippen molar-refractivity contribution in [3.05, 3.63) is 29.3 Å². The van der Waals surface area contributed by atoms with Gasteiger partial charge in [-0.15, -0.1) is 0 Å². The third kappa shape index (κ3) is 3.82. The van der Waals surface area contributed by atoms with Gasteiger partial charge in [0.25, 0.3) is 0 Å². The topological polar surface area (TPSA) is 75.4 Å². The summed E-state index contributed by atoms with van der Waals surface area (Å²) in [5, 5.41) is 0.499. The summed E-state index contributed by atoms with van der Waals surface area (Å²) in [6.07, 6.45) is 1.83. The fourth-order valence-corrected chi connectivity index (χ4v) is 3.72. The predicted molar refractivity (Wildman–Crippen MR) is 77.3 cm³/mol. The zero-order valence-electron chi connectivity index (χ0n) is 10.5. The van der Waals surface area contributed by atoms with Crippen molar-refractivity contribution < 1.29 is 8.42 Å². The van der Waals surface area contributed by atoms with Gasteiger partial charge in [-0.05, 0) is 43.5 Å². The average Bonchev–Trinajstić information content (AvgIpc) is 2.38. The molecule has 1 saturated heterocycles. The van der Waals surface area contributed by atoms with Crippen molar-refractivity contribution in [1.82, 2.24) is 4.31 Å². The second-order valence-corrected chi connectivity index (χ2v) is 6.83. The van der Waals surface area contributed by atoms with Gasteiger partial charge in [0.2, 0.25) is 0 Å². The molecular formula is C12H18ClN3O2S. The van der Waals surface area contributed by atoms with Gasteiger partial charge in [-0.25, -0.2) is 0 Å². The van der Waals surface area contributed by atoms with Crippen molar-refractivity contribution in [2.45, 2.75) is 12.8 Å². The van der Waals surface area contributed by atoms with E-state index in [9.17, 15) is 8.42 Å². The predicted octanol–water partition coefficient (Wildman–Crippen LogP) is 1.67. The first kappa shape index (κ1) is 14.6. The van der Waals surface area contributed by atoms with E-state index in [-0.39, 0.29) is 5.92 Å². The van der Waals surface area contributed by atoms with E-state index in [1.54, 1.807) is 24.3 Å². The highest BCUT2D eigenvalue weighted by Crippen LogP contribution is 2.21. The lowest BCUT2D eigenvalue weighted by molar-refractivity contribution is 0.273. The third-order valence-electron chi connectivity index (χ3n) is 3.23. The first-order valence-corrected chi connectivity index (χ1v) is 8.06. The molecule has 7 heteroatoms. The molecule has 0 radical (unpaired) electrons. The van der Waals surface area contributed by atoms with Crippen molar-refractivity contribution >= 4 is 27.5 Å². The second-order valence-electron chi connectivity index (χ2n) is 4.72. The minimum atomic E-state index is -3.53. The lowest BCUT2D eigenvalue weighted by Gasteiger charge is -2.31. The average molecular weight is 304 g/mol. The summed E-state index contributed by atoms with van der Waals surface area (Å²) in [6.45, 7) is 1.53. The van der Waals surface area contributed by atoms with Crippen LogP contribution in [0.25, 0.3) is 0 Å². The van der Waals surface area contributed by atoms with E-state index in [0.29, 0.717) is 30.3 Å². The van der Waals surface area contributed by atoms with Gasteiger partial charge < -0.3 is 5.73 Å². The van der Waals surface area contributed by atoms with Crippen molar-refractivity contribution in [3.63, 3.8) is 0 Å². The van der Waals surface area contributed by atoms with Crippen LogP contribution in [0.1, 0.15) is 12.8 Å². The number of hydrogen-bond acceptors (Lipinski definition) is 3. The van der Waals surface area contributed by atoms with E-state index in [1.807, 2.05) is 0 Å². The molecule has 1 unspecified atom stereocenters. The Kier molecular flexibility index (Phi) is 4.67. The molecule has 1 fully saturated rings. The van der Waals surface area contributed by atoms with Gasteiger partial charge in [0.15, 0.2) is 0 Å². The smallest absolute Gasteiger partial charge is 0.301 e. The Bertz CT molecular complexity index is 536. The molecule has 1 aliphatic heterocycles. The summed E-state index contributed by atoms with van der Waals surface area (Å²) in [6, 6.07) is 6.67. The van der Waals surface area contributed by atoms with E-state index >= 15 is 0 Å². The van der Waals surface area contributed by atoms with Crippen molar-refractivity contribution in [1.29, 1.82) is 0 Å². The van der Waals surface area contributed by atoms with Crippen LogP contribution in [0.3, 0.4) is 0 Å². The molecule has 1 atom stereocenters. The van der Waals surface area contributed by atoms with Gasteiger partial charge in [0.05, 0.1) is 5.69 Å². The van der Waals surface area contributed by atoms with Crippen LogP contribution >= 0.6 is 11.6 Å². The Balaban J connectivity index is 2.09. The Morgan fingerprint density at radius 3 is 2.95 bits per heavy atom. The Hall–Kier alpha value is -0.820. The Morgan fingerprint density at radius 2 is 2.26 bits per heavy atom. The number of hydrogen-bond donors (Lipinski definition) is 2. The van der Waals surface area contributed by atoms with Crippen LogP contribution in [0.4, 0.5) is 5.69 Å². The molecule has 1 aromatic carbocycles. The molecular weight excluding hydrogens is 286 g/mol. The van der Waals surface area contributed by atoms with E-state index in [4.69, 9.17) is 17.3 Å². The highest BCUT2D eigenvalue weighted by atomic mass is 35.5. The number of halogens is 1. The Labute approximate surface area is 118 Å². The van der Waals surface area contributed by atoms with Gasteiger partial charge in [-0.2, -0.15) is 12.7 Å². The molecule has 106 valence electrons. The normalized spacial score (nSPS) is 21.3. The fraction of sp³-hybridized carbons (Fsp3) is 0.500. The van der Waals surface area contributed by atoms with Gasteiger partial charge in [-0.1, -0.05) is 17.7 Å². The third-order valence-corrected chi connectivity index (χ3v) is 4.97. The summed E-state index contributed by atoms with van der Waals surface area (Å²) in [5.41, 5.74) is 6.10. The summed E-state index contributed by atoms with van der Waals surface area (Å²) >= 11 is 5.84. The number of nitrogens with one attached hydrogen (secondary N) is 1. The van der Waals surface area contributed by atoms with Crippen molar-refractivity contribution in [3.8, 4) is 0 Å². The van der Waals surface area contributed by atoms with Gasteiger partial charge in [0.1, 0.15) is 0 Å². The molecule has 1 aromatic rings. The summed E-state index contributed by atoms with van der Waals surface area (Å²) < 4.78 is 28.5. The van der Waals surface area contributed by atoms with E-state index in [1.165, 1.54) is 4.31 Å². The zero-order chi connectivity index (χ0) is 13.9. The van der Waals surface area contributed by atoms with Crippen LogP contribution in [-0.4, -0.2) is 32.4 Å². The molecule has 0 saturated carbocycles. The van der Waals surface area contributed by atoms with Crippen molar-refractivity contribution in [2.24, 2.45) is 11.7 Å². The maximum atomic E-state index is 12.3. The number of piperidine rings is 1. The lowest BCUT2D eigenvalue weighted by Crippen LogP contribution is -2.44. The SMILES string of the molecule is NCC1CCCN(S(=O)(=O)Nc2cccc(Cl)c2)C1. The number of rotatable bonds is 4. The standard InChI is InChI=1S/C12H18ClN3O2S/c13-11-4-1-5-12(7-11)15-19(17,18)16-6-2-3-10(8-14)9-16/h1,4-5,7,10,15H,2-3,6,8-9,14H2. The van der Waals surface area contributed by atoms with Gasteiger partial charge in [-0.3, -0.25) is 4.72 Å². The summed E-state index contributed by atoms with van der Waals surface area (Å²) in [4.78, 5) is 0. The highest BCUT2D eigenvalue weighted by Gasteiger charge is 2.28. The molecule has 0 amide bonds. The minimum absolute atomic E-state index is 0.240. The van der Waals surface area contributed by atoms with Crippen LogP contribution in [0.2, 0.25) is 5.02 Å². The fourth-order valence-electron chi connectivity index (χ4n) is 2.20. The van der Waals surface area contributed by atoms with Crippen LogP contribution in [-0.2, 0) is 10.2 Å². The highest BCUT2D eigenvalue weighted by molar-refractivity contribution is 7.90. The van der Waals surface area contributed by atoms with Crippen LogP contribution in [0.5, 0.6) is 0 Å². The summed E-state index contributed by atoms with van der Waals surface area (Å²) in [5.74, 6) is 0.240. The number of nitrogens with zero attached hydrogens (tertiary/aromatic N) is 1. The number of benzene rings is 1. The number of nitrogens with two attached hydrogens (primary N) is 1. The lowest BCUT2D eigenvalue weighted by atomic mass is 10.0. The molecule has 5 nitrogen and oxygen atoms in total. The van der Waals surface area contributed by atoms with E-state index < -0.39 is 10.2 Å². The maximum absolute atomic E-state index is 12.3. The molecule has 0 aromatic heterocycles. The number of anilines is 1. The minimum Gasteiger partial charge on any atom is -0.330 e. The van der Waals surface area contributed by atoms with Crippen molar-refractivity contribution in [2.75, 3.05) is 24.4 Å². The van der Waals surface area contributed by atoms with Crippen LogP contribution in [0, 0.1) is 5.92 Å². The molecule has 19 heavy (non-hydrogen) atoms. The largest absolute Gasteiger partial charge is 0.330 e. The molecule has 0 bridgehead atoms. The maximum Gasteiger partial charge on any atom is 0.301 e. The summed E-state index contributed by atoms with van der Waals surface area (Å²) in [7, 11) is -3.53. The van der Waals surface area contributed by atoms with Gasteiger partial charge in [0, 0.05) is 18.1 Å². The van der Waals surface area contributed by atoms with Gasteiger partial charge >= 0.3 is 10.2 Å². The molecule has 0 aliphatic carbocycles. The van der Waals surface area contributed by atoms with E-state index in [2.05, 4.69) is 4.72 Å². The van der Waals surface area contributed by atoms with Crippen LogP contribution < -0.4 is 10.5 Å². The monoisotopic (exact) mass is 303 g/mol. The molecule has 2 rings (SSSR count). The zero-order valence-corrected chi connectivity index (χ0v) is 12.1. The Morgan fingerprint density at radius 1 is 1.47 bits per heavy atom. The molecule has 3 N–H and O–H groups in total. The van der Waals surface area contributed by atoms with Crippen LogP contribution in [0.15, 0.2) is 24.3 Å². The first-order chi connectivity index (χ1) is 9.01. The molecule has 1 aliphatic rings. The second kappa shape index (κ2) is 6.09. The molecule has 0 spiro atoms. The molecule has 1 heterocycles. The quantitative estimate of drug-likeness (QED) is 0.888.